The maximum absolute atomic E-state index is 5.74. The van der Waals surface area contributed by atoms with Crippen LogP contribution < -0.4 is 15.8 Å². The molecule has 0 amide bonds. The highest BCUT2D eigenvalue weighted by Crippen LogP contribution is 2.22. The van der Waals surface area contributed by atoms with Crippen LogP contribution in [0, 0.1) is 3.57 Å². The third kappa shape index (κ3) is 3.76. The third-order valence-electron chi connectivity index (χ3n) is 2.90. The quantitative estimate of drug-likeness (QED) is 0.627. The molecule has 0 heterocycles. The number of nitrogens with two attached hydrogens (primary N) is 1. The maximum atomic E-state index is 5.74. The van der Waals surface area contributed by atoms with E-state index in [0.29, 0.717) is 0 Å². The number of nitrogen functional groups attached to an aromatic ring is 1. The second-order valence-electron chi connectivity index (χ2n) is 4.23. The summed E-state index contributed by atoms with van der Waals surface area (Å²) >= 11 is 2.29. The molecule has 3 N–H and O–H groups in total. The highest BCUT2D eigenvalue weighted by molar-refractivity contribution is 14.1. The molecular formula is C15H17IN2O. The van der Waals surface area contributed by atoms with Gasteiger partial charge in [-0.3, -0.25) is 0 Å². The molecule has 0 bridgehead atoms. The minimum Gasteiger partial charge on any atom is -0.496 e. The molecule has 0 radical (unpaired) electrons. The molecule has 19 heavy (non-hydrogen) atoms. The van der Waals surface area contributed by atoms with Crippen LogP contribution in [0.3, 0.4) is 0 Å². The zero-order valence-corrected chi connectivity index (χ0v) is 13.0. The van der Waals surface area contributed by atoms with E-state index >= 15 is 0 Å². The first-order valence-corrected chi connectivity index (χ1v) is 7.19. The number of hydrogen-bond donors (Lipinski definition) is 2. The number of rotatable bonds is 5. The number of para-hydroxylation sites is 1. The summed E-state index contributed by atoms with van der Waals surface area (Å²) in [5, 5.41) is 3.42. The van der Waals surface area contributed by atoms with Crippen LogP contribution >= 0.6 is 22.6 Å². The van der Waals surface area contributed by atoms with Gasteiger partial charge in [-0.2, -0.15) is 0 Å². The van der Waals surface area contributed by atoms with Crippen molar-refractivity contribution in [3.8, 4) is 5.75 Å². The standard InChI is InChI=1S/C15H17IN2O/c1-19-15-5-3-2-4-11(15)8-9-18-14-7-6-12(17)10-13(14)16/h2-7,10,18H,8-9,17H2,1H3. The molecular weight excluding hydrogens is 351 g/mol. The van der Waals surface area contributed by atoms with Gasteiger partial charge in [-0.25, -0.2) is 0 Å². The van der Waals surface area contributed by atoms with Crippen molar-refractivity contribution in [2.75, 3.05) is 24.7 Å². The van der Waals surface area contributed by atoms with E-state index in [1.807, 2.05) is 36.4 Å². The minimum atomic E-state index is 0.791. The van der Waals surface area contributed by atoms with Gasteiger partial charge in [0, 0.05) is 21.5 Å². The summed E-state index contributed by atoms with van der Waals surface area (Å²) in [7, 11) is 1.70. The summed E-state index contributed by atoms with van der Waals surface area (Å²) in [6, 6.07) is 14.0. The first kappa shape index (κ1) is 14.0. The van der Waals surface area contributed by atoms with Crippen molar-refractivity contribution < 1.29 is 4.74 Å². The number of ether oxygens (including phenoxy) is 1. The van der Waals surface area contributed by atoms with Crippen LogP contribution in [0.2, 0.25) is 0 Å². The minimum absolute atomic E-state index is 0.791. The number of benzene rings is 2. The Bertz CT molecular complexity index is 558. The molecule has 3 nitrogen and oxygen atoms in total. The Kier molecular flexibility index (Phi) is 4.90. The van der Waals surface area contributed by atoms with Crippen LogP contribution in [0.5, 0.6) is 5.75 Å². The molecule has 0 saturated carbocycles. The average Bonchev–Trinajstić information content (AvgIpc) is 2.42. The molecule has 0 spiro atoms. The molecule has 100 valence electrons. The van der Waals surface area contributed by atoms with Gasteiger partial charge in [0.1, 0.15) is 5.75 Å². The van der Waals surface area contributed by atoms with Crippen molar-refractivity contribution in [2.45, 2.75) is 6.42 Å². The van der Waals surface area contributed by atoms with Gasteiger partial charge in [0.25, 0.3) is 0 Å². The van der Waals surface area contributed by atoms with E-state index < -0.39 is 0 Å². The molecule has 0 saturated heterocycles. The Hall–Kier alpha value is -1.43. The molecule has 2 aromatic rings. The molecule has 0 aliphatic carbocycles. The van der Waals surface area contributed by atoms with Gasteiger partial charge in [-0.05, 0) is 58.8 Å². The highest BCUT2D eigenvalue weighted by Gasteiger charge is 2.03. The fraction of sp³-hybridized carbons (Fsp3) is 0.200. The number of anilines is 2. The van der Waals surface area contributed by atoms with E-state index in [-0.39, 0.29) is 0 Å². The van der Waals surface area contributed by atoms with E-state index in [1.165, 1.54) is 5.56 Å². The normalized spacial score (nSPS) is 10.2. The van der Waals surface area contributed by atoms with Crippen LogP contribution in [-0.4, -0.2) is 13.7 Å². The van der Waals surface area contributed by atoms with E-state index in [2.05, 4.69) is 34.0 Å². The largest absolute Gasteiger partial charge is 0.496 e. The predicted molar refractivity (Wildman–Crippen MR) is 88.8 cm³/mol. The second kappa shape index (κ2) is 6.65. The van der Waals surface area contributed by atoms with E-state index in [0.717, 1.165) is 33.7 Å². The lowest BCUT2D eigenvalue weighted by atomic mass is 10.1. The Balaban J connectivity index is 1.96. The van der Waals surface area contributed by atoms with Crippen molar-refractivity contribution in [2.24, 2.45) is 0 Å². The van der Waals surface area contributed by atoms with Crippen molar-refractivity contribution >= 4 is 34.0 Å². The molecule has 0 aliphatic heterocycles. The number of hydrogen-bond acceptors (Lipinski definition) is 3. The second-order valence-corrected chi connectivity index (χ2v) is 5.39. The van der Waals surface area contributed by atoms with Gasteiger partial charge < -0.3 is 15.8 Å². The number of methoxy groups -OCH3 is 1. The zero-order chi connectivity index (χ0) is 13.7. The van der Waals surface area contributed by atoms with Gasteiger partial charge in [-0.15, -0.1) is 0 Å². The zero-order valence-electron chi connectivity index (χ0n) is 10.8. The number of halogens is 1. The lowest BCUT2D eigenvalue weighted by Gasteiger charge is -2.11. The summed E-state index contributed by atoms with van der Waals surface area (Å²) < 4.78 is 6.48. The summed E-state index contributed by atoms with van der Waals surface area (Å²) in [5.41, 5.74) is 8.85. The Morgan fingerprint density at radius 2 is 2.00 bits per heavy atom. The summed E-state index contributed by atoms with van der Waals surface area (Å²) in [4.78, 5) is 0. The average molecular weight is 368 g/mol. The van der Waals surface area contributed by atoms with Crippen molar-refractivity contribution in [1.29, 1.82) is 0 Å². The Labute approximate surface area is 127 Å². The van der Waals surface area contributed by atoms with Gasteiger partial charge in [0.15, 0.2) is 0 Å². The predicted octanol–water partition coefficient (Wildman–Crippen LogP) is 3.54. The van der Waals surface area contributed by atoms with E-state index in [1.54, 1.807) is 7.11 Å². The molecule has 0 aliphatic rings. The van der Waals surface area contributed by atoms with E-state index in [9.17, 15) is 0 Å². The molecule has 2 rings (SSSR count). The van der Waals surface area contributed by atoms with Gasteiger partial charge in [-0.1, -0.05) is 18.2 Å². The first-order valence-electron chi connectivity index (χ1n) is 6.11. The van der Waals surface area contributed by atoms with Gasteiger partial charge >= 0.3 is 0 Å². The molecule has 2 aromatic carbocycles. The molecule has 0 unspecified atom stereocenters. The maximum Gasteiger partial charge on any atom is 0.122 e. The number of nitrogens with one attached hydrogen (secondary N) is 1. The fourth-order valence-corrected chi connectivity index (χ4v) is 2.65. The van der Waals surface area contributed by atoms with Crippen LogP contribution in [0.25, 0.3) is 0 Å². The summed E-state index contributed by atoms with van der Waals surface area (Å²) in [6.07, 6.45) is 0.921. The highest BCUT2D eigenvalue weighted by atomic mass is 127. The van der Waals surface area contributed by atoms with Crippen molar-refractivity contribution in [3.63, 3.8) is 0 Å². The van der Waals surface area contributed by atoms with Crippen molar-refractivity contribution in [1.82, 2.24) is 0 Å². The molecule has 0 aromatic heterocycles. The van der Waals surface area contributed by atoms with Crippen molar-refractivity contribution in [3.05, 3.63) is 51.6 Å². The first-order chi connectivity index (χ1) is 9.20. The third-order valence-corrected chi connectivity index (χ3v) is 3.79. The van der Waals surface area contributed by atoms with Gasteiger partial charge in [0.05, 0.1) is 7.11 Å². The summed E-state index contributed by atoms with van der Waals surface area (Å²) in [6.45, 7) is 0.861. The van der Waals surface area contributed by atoms with E-state index in [4.69, 9.17) is 10.5 Å². The molecule has 0 atom stereocenters. The molecule has 4 heteroatoms. The summed E-state index contributed by atoms with van der Waals surface area (Å²) in [5.74, 6) is 0.941. The monoisotopic (exact) mass is 368 g/mol. The smallest absolute Gasteiger partial charge is 0.122 e. The van der Waals surface area contributed by atoms with Crippen LogP contribution in [0.1, 0.15) is 5.56 Å². The van der Waals surface area contributed by atoms with Crippen LogP contribution in [-0.2, 0) is 6.42 Å². The van der Waals surface area contributed by atoms with Crippen LogP contribution in [0.4, 0.5) is 11.4 Å². The van der Waals surface area contributed by atoms with Gasteiger partial charge in [0.2, 0.25) is 0 Å². The fourth-order valence-electron chi connectivity index (χ4n) is 1.92. The Morgan fingerprint density at radius 3 is 2.74 bits per heavy atom. The lowest BCUT2D eigenvalue weighted by molar-refractivity contribution is 0.410. The molecule has 0 fully saturated rings. The lowest BCUT2D eigenvalue weighted by Crippen LogP contribution is -2.07. The topological polar surface area (TPSA) is 47.3 Å². The van der Waals surface area contributed by atoms with Crippen LogP contribution in [0.15, 0.2) is 42.5 Å². The SMILES string of the molecule is COc1ccccc1CCNc1ccc(N)cc1I. The Morgan fingerprint density at radius 1 is 1.21 bits per heavy atom.